The maximum Gasteiger partial charge on any atom is 0.178 e. The molecule has 0 saturated heterocycles. The van der Waals surface area contributed by atoms with E-state index in [0.717, 1.165) is 0 Å². The third kappa shape index (κ3) is 1.94. The smallest absolute Gasteiger partial charge is 0.178 e. The number of hydrogen-bond donors (Lipinski definition) is 0. The van der Waals surface area contributed by atoms with Gasteiger partial charge in [0.15, 0.2) is 11.2 Å². The van der Waals surface area contributed by atoms with Crippen LogP contribution in [0.25, 0.3) is 0 Å². The predicted molar refractivity (Wildman–Crippen MR) is 30.6 cm³/mol. The van der Waals surface area contributed by atoms with Crippen LogP contribution in [0.15, 0.2) is 0 Å². The van der Waals surface area contributed by atoms with Gasteiger partial charge in [0, 0.05) is 6.42 Å². The third-order valence-corrected chi connectivity index (χ3v) is 1.09. The maximum atomic E-state index is 10.4. The first kappa shape index (κ1) is 7.45. The summed E-state index contributed by atoms with van der Waals surface area (Å²) in [7, 11) is 0. The van der Waals surface area contributed by atoms with Crippen LogP contribution >= 0.6 is 11.6 Å². The van der Waals surface area contributed by atoms with Gasteiger partial charge in [0.05, 0.1) is 6.07 Å². The van der Waals surface area contributed by atoms with Crippen LogP contribution in [0.3, 0.4) is 0 Å². The summed E-state index contributed by atoms with van der Waals surface area (Å²) in [5, 5.41) is 7.09. The van der Waals surface area contributed by atoms with Gasteiger partial charge in [0.2, 0.25) is 0 Å². The molecule has 0 rings (SSSR count). The van der Waals surface area contributed by atoms with Crippen LogP contribution in [0.4, 0.5) is 0 Å². The Hall–Kier alpha value is -0.550. The first-order chi connectivity index (χ1) is 3.72. The summed E-state index contributed by atoms with van der Waals surface area (Å²) in [6, 6.07) is 1.63. The normalized spacial score (nSPS) is 12.1. The van der Waals surface area contributed by atoms with Gasteiger partial charge < -0.3 is 0 Å². The quantitative estimate of drug-likeness (QED) is 0.527. The Morgan fingerprint density at radius 3 is 2.62 bits per heavy atom. The molecular formula is C5H6ClNO. The molecule has 0 aromatic carbocycles. The zero-order chi connectivity index (χ0) is 6.57. The Bertz CT molecular complexity index is 127. The molecular weight excluding hydrogens is 126 g/mol. The Labute approximate surface area is 53.1 Å². The van der Waals surface area contributed by atoms with Crippen molar-refractivity contribution in [3.8, 4) is 6.07 Å². The first-order valence-corrected chi connectivity index (χ1v) is 2.72. The van der Waals surface area contributed by atoms with Gasteiger partial charge in [-0.05, 0) is 0 Å². The molecule has 0 N–H and O–H groups in total. The average Bonchev–Trinajstić information content (AvgIpc) is 1.84. The minimum Gasteiger partial charge on any atom is -0.297 e. The highest BCUT2D eigenvalue weighted by Gasteiger charge is 2.09. The summed E-state index contributed by atoms with van der Waals surface area (Å²) >= 11 is 5.21. The van der Waals surface area contributed by atoms with Crippen LogP contribution in [0.5, 0.6) is 0 Å². The van der Waals surface area contributed by atoms with Gasteiger partial charge in [-0.1, -0.05) is 18.5 Å². The van der Waals surface area contributed by atoms with Crippen LogP contribution in [0, 0.1) is 11.3 Å². The highest BCUT2D eigenvalue weighted by atomic mass is 35.5. The summed E-state index contributed by atoms with van der Waals surface area (Å²) in [4.78, 5) is 10.4. The molecule has 0 aliphatic rings. The Kier molecular flexibility index (Phi) is 3.21. The highest BCUT2D eigenvalue weighted by Crippen LogP contribution is 1.97. The molecule has 0 heterocycles. The zero-order valence-corrected chi connectivity index (χ0v) is 5.27. The van der Waals surface area contributed by atoms with Crippen LogP contribution in [-0.4, -0.2) is 11.2 Å². The van der Waals surface area contributed by atoms with Crippen LogP contribution in [0.1, 0.15) is 13.3 Å². The fraction of sp³-hybridized carbons (Fsp3) is 0.600. The fourth-order valence-corrected chi connectivity index (χ4v) is 0.406. The lowest BCUT2D eigenvalue weighted by atomic mass is 10.2. The van der Waals surface area contributed by atoms with Crippen molar-refractivity contribution in [2.45, 2.75) is 18.7 Å². The molecule has 0 spiro atoms. The summed E-state index contributed by atoms with van der Waals surface area (Å²) < 4.78 is 0. The molecule has 8 heavy (non-hydrogen) atoms. The van der Waals surface area contributed by atoms with E-state index in [0.29, 0.717) is 6.42 Å². The topological polar surface area (TPSA) is 40.9 Å². The van der Waals surface area contributed by atoms with Gasteiger partial charge in [-0.15, -0.1) is 0 Å². The number of carbonyl (C=O) groups is 1. The molecule has 1 atom stereocenters. The van der Waals surface area contributed by atoms with Crippen molar-refractivity contribution >= 4 is 17.4 Å². The molecule has 1 unspecified atom stereocenters. The van der Waals surface area contributed by atoms with Crippen LogP contribution in [-0.2, 0) is 4.79 Å². The largest absolute Gasteiger partial charge is 0.297 e. The monoisotopic (exact) mass is 131 g/mol. The predicted octanol–water partition coefficient (Wildman–Crippen LogP) is 1.10. The summed E-state index contributed by atoms with van der Waals surface area (Å²) in [5.74, 6) is -0.214. The second kappa shape index (κ2) is 3.45. The number of Topliss-reactive ketones (excluding diaryl/α,β-unsaturated/α-hetero) is 1. The second-order valence-corrected chi connectivity index (χ2v) is 1.75. The first-order valence-electron chi connectivity index (χ1n) is 2.28. The lowest BCUT2D eigenvalue weighted by molar-refractivity contribution is -0.117. The Morgan fingerprint density at radius 2 is 2.50 bits per heavy atom. The highest BCUT2D eigenvalue weighted by molar-refractivity contribution is 6.33. The number of nitrogens with zero attached hydrogens (tertiary/aromatic N) is 1. The molecule has 3 heteroatoms. The minimum atomic E-state index is -0.944. The summed E-state index contributed by atoms with van der Waals surface area (Å²) in [6.45, 7) is 1.68. The second-order valence-electron chi connectivity index (χ2n) is 1.31. The SMILES string of the molecule is CCC(=O)C(Cl)C#N. The average molecular weight is 132 g/mol. The van der Waals surface area contributed by atoms with Crippen molar-refractivity contribution in [2.75, 3.05) is 0 Å². The van der Waals surface area contributed by atoms with E-state index in [-0.39, 0.29) is 5.78 Å². The van der Waals surface area contributed by atoms with E-state index >= 15 is 0 Å². The van der Waals surface area contributed by atoms with Crippen molar-refractivity contribution in [1.82, 2.24) is 0 Å². The molecule has 0 aromatic heterocycles. The molecule has 0 aliphatic carbocycles. The number of hydrogen-bond acceptors (Lipinski definition) is 2. The lowest BCUT2D eigenvalue weighted by Gasteiger charge is -1.90. The number of rotatable bonds is 2. The molecule has 0 bridgehead atoms. The molecule has 2 nitrogen and oxygen atoms in total. The molecule has 0 amide bonds. The van der Waals surface area contributed by atoms with E-state index in [4.69, 9.17) is 16.9 Å². The Balaban J connectivity index is 3.68. The van der Waals surface area contributed by atoms with Crippen molar-refractivity contribution in [3.63, 3.8) is 0 Å². The van der Waals surface area contributed by atoms with E-state index < -0.39 is 5.38 Å². The third-order valence-electron chi connectivity index (χ3n) is 0.744. The molecule has 0 radical (unpaired) electrons. The Morgan fingerprint density at radius 1 is 2.00 bits per heavy atom. The van der Waals surface area contributed by atoms with E-state index in [9.17, 15) is 4.79 Å². The van der Waals surface area contributed by atoms with Gasteiger partial charge in [-0.25, -0.2) is 0 Å². The van der Waals surface area contributed by atoms with Gasteiger partial charge in [0.1, 0.15) is 0 Å². The maximum absolute atomic E-state index is 10.4. The lowest BCUT2D eigenvalue weighted by Crippen LogP contribution is -2.09. The number of halogens is 1. The van der Waals surface area contributed by atoms with E-state index in [1.165, 1.54) is 0 Å². The van der Waals surface area contributed by atoms with Crippen molar-refractivity contribution in [2.24, 2.45) is 0 Å². The molecule has 0 saturated carbocycles. The van der Waals surface area contributed by atoms with E-state index in [1.54, 1.807) is 13.0 Å². The summed E-state index contributed by atoms with van der Waals surface area (Å²) in [5.41, 5.74) is 0. The van der Waals surface area contributed by atoms with Crippen LogP contribution < -0.4 is 0 Å². The van der Waals surface area contributed by atoms with Crippen molar-refractivity contribution in [3.05, 3.63) is 0 Å². The molecule has 0 aliphatic heterocycles. The zero-order valence-electron chi connectivity index (χ0n) is 4.52. The van der Waals surface area contributed by atoms with E-state index in [2.05, 4.69) is 0 Å². The minimum absolute atomic E-state index is 0.214. The van der Waals surface area contributed by atoms with Gasteiger partial charge in [0.25, 0.3) is 0 Å². The van der Waals surface area contributed by atoms with E-state index in [1.807, 2.05) is 0 Å². The standard InChI is InChI=1S/C5H6ClNO/c1-2-5(8)4(6)3-7/h4H,2H2,1H3. The molecule has 44 valence electrons. The van der Waals surface area contributed by atoms with Gasteiger partial charge in [-0.3, -0.25) is 4.79 Å². The molecule has 0 fully saturated rings. The number of ketones is 1. The molecule has 0 aromatic rings. The van der Waals surface area contributed by atoms with Gasteiger partial charge >= 0.3 is 0 Å². The van der Waals surface area contributed by atoms with Crippen molar-refractivity contribution < 1.29 is 4.79 Å². The fourth-order valence-electron chi connectivity index (χ4n) is 0.251. The summed E-state index contributed by atoms with van der Waals surface area (Å²) in [6.07, 6.45) is 0.335. The number of carbonyl (C=O) groups excluding carboxylic acids is 1. The van der Waals surface area contributed by atoms with Crippen LogP contribution in [0.2, 0.25) is 0 Å². The number of nitriles is 1. The number of alkyl halides is 1. The van der Waals surface area contributed by atoms with Gasteiger partial charge in [-0.2, -0.15) is 5.26 Å². The van der Waals surface area contributed by atoms with Crippen molar-refractivity contribution in [1.29, 1.82) is 5.26 Å².